The minimum absolute atomic E-state index is 0.165. The first-order valence-electron chi connectivity index (χ1n) is 9.25. The number of hydrogen-bond donors (Lipinski definition) is 1. The SMILES string of the molecule is O=C(CN1CCC[C@H](O)C1)N1CCCN(Cc2ccc(F)cc2)CC1. The second-order valence-corrected chi connectivity index (χ2v) is 7.17. The maximum atomic E-state index is 13.0. The number of hydrogen-bond acceptors (Lipinski definition) is 4. The fourth-order valence-electron chi connectivity index (χ4n) is 3.69. The molecule has 0 aromatic heterocycles. The normalized spacial score (nSPS) is 23.4. The van der Waals surface area contributed by atoms with Gasteiger partial charge in [0.2, 0.25) is 5.91 Å². The van der Waals surface area contributed by atoms with E-state index in [0.29, 0.717) is 13.1 Å². The molecule has 0 radical (unpaired) electrons. The molecule has 2 fully saturated rings. The van der Waals surface area contributed by atoms with Crippen LogP contribution in [0.5, 0.6) is 0 Å². The minimum Gasteiger partial charge on any atom is -0.392 e. The van der Waals surface area contributed by atoms with Gasteiger partial charge in [0, 0.05) is 39.3 Å². The number of amides is 1. The molecular weight excluding hydrogens is 321 g/mol. The summed E-state index contributed by atoms with van der Waals surface area (Å²) in [6, 6.07) is 6.64. The van der Waals surface area contributed by atoms with Crippen molar-refractivity contribution in [3.63, 3.8) is 0 Å². The van der Waals surface area contributed by atoms with Gasteiger partial charge < -0.3 is 10.0 Å². The molecule has 2 aliphatic rings. The highest BCUT2D eigenvalue weighted by molar-refractivity contribution is 5.78. The van der Waals surface area contributed by atoms with E-state index in [4.69, 9.17) is 0 Å². The van der Waals surface area contributed by atoms with E-state index in [1.807, 2.05) is 17.0 Å². The lowest BCUT2D eigenvalue weighted by Crippen LogP contribution is -2.46. The summed E-state index contributed by atoms with van der Waals surface area (Å²) in [4.78, 5) is 18.9. The Labute approximate surface area is 149 Å². The van der Waals surface area contributed by atoms with E-state index in [1.54, 1.807) is 0 Å². The summed E-state index contributed by atoms with van der Waals surface area (Å²) in [5.74, 6) is -0.0445. The van der Waals surface area contributed by atoms with Crippen LogP contribution in [-0.2, 0) is 11.3 Å². The number of aliphatic hydroxyl groups is 1. The molecule has 2 aliphatic heterocycles. The standard InChI is InChI=1S/C19H28FN3O2/c20-17-6-4-16(5-7-17)13-21-9-2-10-23(12-11-21)19(25)15-22-8-1-3-18(24)14-22/h4-7,18,24H,1-3,8-15H2/t18-/m0/s1. The fourth-order valence-corrected chi connectivity index (χ4v) is 3.69. The van der Waals surface area contributed by atoms with Crippen molar-refractivity contribution in [2.45, 2.75) is 31.9 Å². The molecule has 1 amide bonds. The highest BCUT2D eigenvalue weighted by Crippen LogP contribution is 2.12. The summed E-state index contributed by atoms with van der Waals surface area (Å²) in [5.41, 5.74) is 1.10. The van der Waals surface area contributed by atoms with Crippen molar-refractivity contribution in [2.75, 3.05) is 45.8 Å². The largest absolute Gasteiger partial charge is 0.392 e. The van der Waals surface area contributed by atoms with Gasteiger partial charge in [0.05, 0.1) is 12.6 Å². The van der Waals surface area contributed by atoms with Gasteiger partial charge in [-0.25, -0.2) is 4.39 Å². The van der Waals surface area contributed by atoms with Gasteiger partial charge in [-0.1, -0.05) is 12.1 Å². The second kappa shape index (κ2) is 8.74. The smallest absolute Gasteiger partial charge is 0.236 e. The van der Waals surface area contributed by atoms with Crippen LogP contribution in [0.25, 0.3) is 0 Å². The Balaban J connectivity index is 1.47. The van der Waals surface area contributed by atoms with E-state index < -0.39 is 0 Å². The van der Waals surface area contributed by atoms with E-state index >= 15 is 0 Å². The van der Waals surface area contributed by atoms with Gasteiger partial charge in [0.1, 0.15) is 5.82 Å². The van der Waals surface area contributed by atoms with E-state index in [0.717, 1.165) is 64.1 Å². The van der Waals surface area contributed by atoms with E-state index in [2.05, 4.69) is 9.80 Å². The third kappa shape index (κ3) is 5.49. The molecule has 1 N–H and O–H groups in total. The van der Waals surface area contributed by atoms with Crippen LogP contribution in [0.4, 0.5) is 4.39 Å². The Morgan fingerprint density at radius 2 is 1.80 bits per heavy atom. The lowest BCUT2D eigenvalue weighted by Gasteiger charge is -2.31. The highest BCUT2D eigenvalue weighted by atomic mass is 19.1. The van der Waals surface area contributed by atoms with Gasteiger partial charge >= 0.3 is 0 Å². The Morgan fingerprint density at radius 3 is 2.56 bits per heavy atom. The second-order valence-electron chi connectivity index (χ2n) is 7.17. The third-order valence-corrected chi connectivity index (χ3v) is 5.10. The van der Waals surface area contributed by atoms with Gasteiger partial charge in [-0.2, -0.15) is 0 Å². The van der Waals surface area contributed by atoms with Crippen LogP contribution < -0.4 is 0 Å². The molecule has 1 aromatic carbocycles. The van der Waals surface area contributed by atoms with Gasteiger partial charge in [-0.3, -0.25) is 14.6 Å². The molecule has 0 aliphatic carbocycles. The summed E-state index contributed by atoms with van der Waals surface area (Å²) in [6.45, 7) is 6.01. The number of aliphatic hydroxyl groups excluding tert-OH is 1. The molecule has 25 heavy (non-hydrogen) atoms. The Morgan fingerprint density at radius 1 is 1.04 bits per heavy atom. The average molecular weight is 349 g/mol. The average Bonchev–Trinajstić information content (AvgIpc) is 2.83. The van der Waals surface area contributed by atoms with Crippen molar-refractivity contribution < 1.29 is 14.3 Å². The third-order valence-electron chi connectivity index (χ3n) is 5.10. The Hall–Kier alpha value is -1.50. The van der Waals surface area contributed by atoms with Gasteiger partial charge in [-0.15, -0.1) is 0 Å². The summed E-state index contributed by atoms with van der Waals surface area (Å²) >= 11 is 0. The van der Waals surface area contributed by atoms with Gasteiger partial charge in [0.15, 0.2) is 0 Å². The molecule has 1 aromatic rings. The molecule has 2 saturated heterocycles. The van der Waals surface area contributed by atoms with Crippen LogP contribution in [0.1, 0.15) is 24.8 Å². The topological polar surface area (TPSA) is 47.0 Å². The number of halogens is 1. The van der Waals surface area contributed by atoms with Crippen molar-refractivity contribution in [1.29, 1.82) is 0 Å². The molecule has 0 unspecified atom stereocenters. The zero-order valence-electron chi connectivity index (χ0n) is 14.7. The first kappa shape index (κ1) is 18.3. The quantitative estimate of drug-likeness (QED) is 0.891. The minimum atomic E-state index is -0.295. The molecular formula is C19H28FN3O2. The monoisotopic (exact) mass is 349 g/mol. The predicted molar refractivity (Wildman–Crippen MR) is 94.6 cm³/mol. The van der Waals surface area contributed by atoms with Crippen LogP contribution in [0.3, 0.4) is 0 Å². The van der Waals surface area contributed by atoms with Crippen LogP contribution in [0, 0.1) is 5.82 Å². The van der Waals surface area contributed by atoms with Crippen molar-refractivity contribution in [2.24, 2.45) is 0 Å². The molecule has 138 valence electrons. The van der Waals surface area contributed by atoms with Gasteiger partial charge in [-0.05, 0) is 43.5 Å². The van der Waals surface area contributed by atoms with Crippen molar-refractivity contribution in [3.8, 4) is 0 Å². The molecule has 5 nitrogen and oxygen atoms in total. The van der Waals surface area contributed by atoms with Crippen molar-refractivity contribution in [3.05, 3.63) is 35.6 Å². The molecule has 0 spiro atoms. The molecule has 6 heteroatoms. The zero-order chi connectivity index (χ0) is 17.6. The summed E-state index contributed by atoms with van der Waals surface area (Å²) in [5, 5.41) is 9.74. The summed E-state index contributed by atoms with van der Waals surface area (Å²) in [7, 11) is 0. The van der Waals surface area contributed by atoms with Crippen molar-refractivity contribution >= 4 is 5.91 Å². The fraction of sp³-hybridized carbons (Fsp3) is 0.632. The maximum Gasteiger partial charge on any atom is 0.236 e. The zero-order valence-corrected chi connectivity index (χ0v) is 14.7. The molecule has 2 heterocycles. The van der Waals surface area contributed by atoms with Crippen molar-refractivity contribution in [1.82, 2.24) is 14.7 Å². The van der Waals surface area contributed by atoms with E-state index in [-0.39, 0.29) is 17.8 Å². The lowest BCUT2D eigenvalue weighted by atomic mass is 10.1. The first-order valence-corrected chi connectivity index (χ1v) is 9.25. The lowest BCUT2D eigenvalue weighted by molar-refractivity contribution is -0.133. The molecule has 0 bridgehead atoms. The summed E-state index contributed by atoms with van der Waals surface area (Å²) in [6.07, 6.45) is 2.46. The highest BCUT2D eigenvalue weighted by Gasteiger charge is 2.24. The maximum absolute atomic E-state index is 13.0. The number of carbonyl (C=O) groups is 1. The number of benzene rings is 1. The molecule has 1 atom stereocenters. The van der Waals surface area contributed by atoms with Gasteiger partial charge in [0.25, 0.3) is 0 Å². The molecule has 0 saturated carbocycles. The summed E-state index contributed by atoms with van der Waals surface area (Å²) < 4.78 is 13.0. The van der Waals surface area contributed by atoms with Crippen LogP contribution in [0.2, 0.25) is 0 Å². The number of piperidine rings is 1. The van der Waals surface area contributed by atoms with Crippen LogP contribution in [-0.4, -0.2) is 77.6 Å². The first-order chi connectivity index (χ1) is 12.1. The number of rotatable bonds is 4. The Bertz CT molecular complexity index is 566. The predicted octanol–water partition coefficient (Wildman–Crippen LogP) is 1.32. The number of likely N-dealkylation sites (tertiary alicyclic amines) is 1. The van der Waals surface area contributed by atoms with Crippen LogP contribution in [0.15, 0.2) is 24.3 Å². The number of carbonyl (C=O) groups excluding carboxylic acids is 1. The number of nitrogens with zero attached hydrogens (tertiary/aromatic N) is 3. The van der Waals surface area contributed by atoms with Crippen LogP contribution >= 0.6 is 0 Å². The van der Waals surface area contributed by atoms with E-state index in [9.17, 15) is 14.3 Å². The van der Waals surface area contributed by atoms with E-state index in [1.165, 1.54) is 12.1 Å². The number of β-amino-alcohol motifs (C(OH)–C–C–N with tert-alkyl or cyclic N) is 1. The molecule has 3 rings (SSSR count). The Kier molecular flexibility index (Phi) is 6.39.